The van der Waals surface area contributed by atoms with Crippen molar-refractivity contribution < 1.29 is 14.3 Å². The second kappa shape index (κ2) is 11.8. The minimum atomic E-state index is -0.421. The lowest BCUT2D eigenvalue weighted by molar-refractivity contribution is -0.117. The number of ether oxygens (including phenoxy) is 1. The Balaban J connectivity index is 1.22. The van der Waals surface area contributed by atoms with E-state index in [1.54, 1.807) is 13.2 Å². The zero-order valence-electron chi connectivity index (χ0n) is 24.5. The van der Waals surface area contributed by atoms with Crippen molar-refractivity contribution in [1.29, 1.82) is 0 Å². The molecular weight excluding hydrogens is 548 g/mol. The number of rotatable bonds is 10. The number of hydrogen-bond acceptors (Lipinski definition) is 10. The van der Waals surface area contributed by atoms with Gasteiger partial charge in [0.15, 0.2) is 17.3 Å². The van der Waals surface area contributed by atoms with E-state index < -0.39 is 5.91 Å². The highest BCUT2D eigenvalue weighted by Crippen LogP contribution is 2.39. The molecule has 4 aromatic rings. The zero-order chi connectivity index (χ0) is 30.1. The summed E-state index contributed by atoms with van der Waals surface area (Å²) >= 11 is 0. The lowest BCUT2D eigenvalue weighted by atomic mass is 9.98. The number of nitrogens with zero attached hydrogens (tertiary/aromatic N) is 7. The third-order valence-corrected chi connectivity index (χ3v) is 7.92. The SMILES string of the molecule is CNC(=O)c1nnc(NC(=O)C2CC2)cc1Nc1cccc(-c2cn(C3CN(Cc4cccc(C)n4)[C@@H]3C)nn2)c1OC. The van der Waals surface area contributed by atoms with E-state index in [1.807, 2.05) is 48.1 Å². The van der Waals surface area contributed by atoms with E-state index in [2.05, 4.69) is 59.3 Å². The fourth-order valence-corrected chi connectivity index (χ4v) is 5.25. The number of likely N-dealkylation sites (tertiary alicyclic amines) is 1. The lowest BCUT2D eigenvalue weighted by Gasteiger charge is -2.45. The van der Waals surface area contributed by atoms with Crippen molar-refractivity contribution in [3.63, 3.8) is 0 Å². The van der Waals surface area contributed by atoms with E-state index in [-0.39, 0.29) is 35.4 Å². The van der Waals surface area contributed by atoms with E-state index in [0.29, 0.717) is 22.8 Å². The number of aromatic nitrogens is 6. The first-order chi connectivity index (χ1) is 20.8. The molecule has 2 aliphatic rings. The van der Waals surface area contributed by atoms with Crippen molar-refractivity contribution >= 4 is 29.0 Å². The monoisotopic (exact) mass is 582 g/mol. The van der Waals surface area contributed by atoms with Gasteiger partial charge in [-0.15, -0.1) is 15.3 Å². The second-order valence-corrected chi connectivity index (χ2v) is 10.9. The van der Waals surface area contributed by atoms with Crippen LogP contribution >= 0.6 is 0 Å². The molecule has 1 unspecified atom stereocenters. The standard InChI is InChI=1S/C30H34N10O3/c1-17-7-5-8-20(32-17)14-39-16-25(18(39)2)40-15-24(35-38-40)21-9-6-10-22(28(21)43-4)33-23-13-26(34-29(41)19-11-12-19)36-37-27(23)30(42)31-3/h5-10,13,15,18-19,25H,11-12,14,16H2,1-4H3,(H,31,42)(H2,33,34,36,41)/t18-,25?/m1/s1. The van der Waals surface area contributed by atoms with Crippen molar-refractivity contribution in [1.82, 2.24) is 40.4 Å². The number of anilines is 3. The third kappa shape index (κ3) is 5.89. The smallest absolute Gasteiger partial charge is 0.273 e. The molecule has 2 amide bonds. The molecule has 4 heterocycles. The van der Waals surface area contributed by atoms with Crippen molar-refractivity contribution in [2.75, 3.05) is 31.3 Å². The molecule has 0 radical (unpaired) electrons. The Labute approximate surface area is 249 Å². The number of nitrogens with one attached hydrogen (secondary N) is 3. The Hall–Kier alpha value is -4.91. The Morgan fingerprint density at radius 3 is 2.60 bits per heavy atom. The summed E-state index contributed by atoms with van der Waals surface area (Å²) in [5.74, 6) is 0.248. The minimum Gasteiger partial charge on any atom is -0.494 e. The molecule has 43 heavy (non-hydrogen) atoms. The molecule has 1 aliphatic heterocycles. The van der Waals surface area contributed by atoms with E-state index in [4.69, 9.17) is 4.74 Å². The van der Waals surface area contributed by atoms with Gasteiger partial charge in [-0.05, 0) is 51.0 Å². The van der Waals surface area contributed by atoms with Gasteiger partial charge in [0.25, 0.3) is 5.91 Å². The molecule has 0 spiro atoms. The Bertz CT molecular complexity index is 1670. The fourth-order valence-electron chi connectivity index (χ4n) is 5.25. The average molecular weight is 583 g/mol. The normalized spacial score (nSPS) is 18.0. The highest BCUT2D eigenvalue weighted by atomic mass is 16.5. The number of carbonyl (C=O) groups excluding carboxylic acids is 2. The second-order valence-electron chi connectivity index (χ2n) is 10.9. The van der Waals surface area contributed by atoms with Gasteiger partial charge >= 0.3 is 0 Å². The summed E-state index contributed by atoms with van der Waals surface area (Å²) in [5.41, 5.74) is 4.49. The molecule has 1 saturated heterocycles. The maximum absolute atomic E-state index is 12.6. The summed E-state index contributed by atoms with van der Waals surface area (Å²) in [4.78, 5) is 31.9. The van der Waals surface area contributed by atoms with Crippen LogP contribution in [0.5, 0.6) is 5.75 Å². The largest absolute Gasteiger partial charge is 0.494 e. The van der Waals surface area contributed by atoms with Crippen LogP contribution in [0.1, 0.15) is 47.7 Å². The highest BCUT2D eigenvalue weighted by molar-refractivity contribution is 6.00. The van der Waals surface area contributed by atoms with Gasteiger partial charge in [0.1, 0.15) is 5.69 Å². The number of para-hydroxylation sites is 1. The molecule has 2 fully saturated rings. The average Bonchev–Trinajstić information content (AvgIpc) is 3.76. The number of methoxy groups -OCH3 is 1. The molecule has 6 rings (SSSR count). The molecule has 1 aromatic carbocycles. The summed E-state index contributed by atoms with van der Waals surface area (Å²) in [5, 5.41) is 25.7. The maximum atomic E-state index is 12.6. The Morgan fingerprint density at radius 1 is 1.07 bits per heavy atom. The van der Waals surface area contributed by atoms with E-state index >= 15 is 0 Å². The number of aryl methyl sites for hydroxylation is 1. The highest BCUT2D eigenvalue weighted by Gasteiger charge is 2.38. The number of amides is 2. The number of carbonyl (C=O) groups is 2. The Morgan fingerprint density at radius 2 is 1.88 bits per heavy atom. The first kappa shape index (κ1) is 28.2. The first-order valence-corrected chi connectivity index (χ1v) is 14.3. The van der Waals surface area contributed by atoms with Crippen LogP contribution in [0, 0.1) is 12.8 Å². The van der Waals surface area contributed by atoms with Crippen LogP contribution in [0.25, 0.3) is 11.3 Å². The van der Waals surface area contributed by atoms with Gasteiger partial charge in [0, 0.05) is 49.4 Å². The summed E-state index contributed by atoms with van der Waals surface area (Å²) in [6.45, 7) is 5.82. The zero-order valence-corrected chi connectivity index (χ0v) is 24.5. The topological polar surface area (TPSA) is 152 Å². The van der Waals surface area contributed by atoms with Crippen LogP contribution in [0.2, 0.25) is 0 Å². The molecule has 13 heteroatoms. The van der Waals surface area contributed by atoms with Gasteiger partial charge in [-0.2, -0.15) is 0 Å². The van der Waals surface area contributed by atoms with E-state index in [9.17, 15) is 9.59 Å². The van der Waals surface area contributed by atoms with Crippen molar-refractivity contribution in [2.24, 2.45) is 5.92 Å². The van der Waals surface area contributed by atoms with Gasteiger partial charge in [-0.1, -0.05) is 17.3 Å². The van der Waals surface area contributed by atoms with Crippen molar-refractivity contribution in [2.45, 2.75) is 45.3 Å². The van der Waals surface area contributed by atoms with Crippen molar-refractivity contribution in [3.8, 4) is 17.0 Å². The van der Waals surface area contributed by atoms with Crippen LogP contribution in [0.15, 0.2) is 48.7 Å². The van der Waals surface area contributed by atoms with Crippen LogP contribution in [0.3, 0.4) is 0 Å². The predicted octanol–water partition coefficient (Wildman–Crippen LogP) is 3.34. The van der Waals surface area contributed by atoms with E-state index in [0.717, 1.165) is 42.9 Å². The van der Waals surface area contributed by atoms with Gasteiger partial charge < -0.3 is 20.7 Å². The maximum Gasteiger partial charge on any atom is 0.273 e. The van der Waals surface area contributed by atoms with Crippen LogP contribution < -0.4 is 20.7 Å². The molecule has 2 atom stereocenters. The molecule has 1 saturated carbocycles. The summed E-state index contributed by atoms with van der Waals surface area (Å²) in [6.07, 6.45) is 3.65. The molecular formula is C30H34N10O3. The Kier molecular flexibility index (Phi) is 7.72. The summed E-state index contributed by atoms with van der Waals surface area (Å²) < 4.78 is 7.74. The quantitative estimate of drug-likeness (QED) is 0.254. The van der Waals surface area contributed by atoms with Crippen LogP contribution in [-0.2, 0) is 11.3 Å². The molecule has 0 bridgehead atoms. The lowest BCUT2D eigenvalue weighted by Crippen LogP contribution is -2.54. The van der Waals surface area contributed by atoms with Crippen LogP contribution in [-0.4, -0.2) is 73.6 Å². The molecule has 3 N–H and O–H groups in total. The van der Waals surface area contributed by atoms with Crippen molar-refractivity contribution in [3.05, 3.63) is 65.7 Å². The minimum absolute atomic E-state index is 0.00171. The summed E-state index contributed by atoms with van der Waals surface area (Å²) in [7, 11) is 3.09. The van der Waals surface area contributed by atoms with Crippen LogP contribution in [0.4, 0.5) is 17.2 Å². The number of benzene rings is 1. The predicted molar refractivity (Wildman–Crippen MR) is 160 cm³/mol. The fraction of sp³-hybridized carbons (Fsp3) is 0.367. The molecule has 13 nitrogen and oxygen atoms in total. The van der Waals surface area contributed by atoms with Gasteiger partial charge in [-0.25, -0.2) is 4.68 Å². The molecule has 3 aromatic heterocycles. The third-order valence-electron chi connectivity index (χ3n) is 7.92. The number of pyridine rings is 1. The summed E-state index contributed by atoms with van der Waals surface area (Å²) in [6, 6.07) is 13.7. The van der Waals surface area contributed by atoms with Gasteiger partial charge in [-0.3, -0.25) is 19.5 Å². The molecule has 222 valence electrons. The molecule has 1 aliphatic carbocycles. The van der Waals surface area contributed by atoms with Gasteiger partial charge in [0.05, 0.1) is 36.4 Å². The first-order valence-electron chi connectivity index (χ1n) is 14.3. The number of hydrogen-bond donors (Lipinski definition) is 3. The van der Waals surface area contributed by atoms with E-state index in [1.165, 1.54) is 7.05 Å². The van der Waals surface area contributed by atoms with Gasteiger partial charge in [0.2, 0.25) is 5.91 Å².